The van der Waals surface area contributed by atoms with Crippen LogP contribution in [0.1, 0.15) is 18.4 Å². The van der Waals surface area contributed by atoms with Gasteiger partial charge in [-0.25, -0.2) is 0 Å². The molecule has 0 aromatic heterocycles. The van der Waals surface area contributed by atoms with Crippen molar-refractivity contribution in [1.29, 1.82) is 0 Å². The molecule has 0 spiro atoms. The fourth-order valence-corrected chi connectivity index (χ4v) is 2.55. The molecule has 96 valence electrons. The Kier molecular flexibility index (Phi) is 6.49. The molecule has 1 aromatic rings. The van der Waals surface area contributed by atoms with Crippen LogP contribution in [0.5, 0.6) is 0 Å². The van der Waals surface area contributed by atoms with Gasteiger partial charge in [0, 0.05) is 23.6 Å². The van der Waals surface area contributed by atoms with Crippen molar-refractivity contribution in [1.82, 2.24) is 10.2 Å². The number of benzene rings is 1. The molecule has 0 bridgehead atoms. The molecule has 1 aromatic carbocycles. The fraction of sp³-hybridized carbons (Fsp3) is 0.538. The average Bonchev–Trinajstić information content (AvgIpc) is 2.32. The van der Waals surface area contributed by atoms with Crippen LogP contribution in [0.4, 0.5) is 0 Å². The van der Waals surface area contributed by atoms with Gasteiger partial charge in [-0.2, -0.15) is 0 Å². The number of piperidine rings is 1. The van der Waals surface area contributed by atoms with Crippen molar-refractivity contribution in [3.8, 4) is 0 Å². The van der Waals surface area contributed by atoms with Gasteiger partial charge in [-0.1, -0.05) is 28.1 Å². The van der Waals surface area contributed by atoms with Gasteiger partial charge in [0.25, 0.3) is 0 Å². The summed E-state index contributed by atoms with van der Waals surface area (Å²) in [6, 6.07) is 9.31. The zero-order valence-electron chi connectivity index (χ0n) is 10.2. The molecule has 17 heavy (non-hydrogen) atoms. The van der Waals surface area contributed by atoms with E-state index < -0.39 is 0 Å². The number of nitrogens with zero attached hydrogens (tertiary/aromatic N) is 1. The molecular weight excluding hydrogens is 300 g/mol. The van der Waals surface area contributed by atoms with E-state index in [1.165, 1.54) is 31.5 Å². The van der Waals surface area contributed by atoms with Gasteiger partial charge >= 0.3 is 0 Å². The highest BCUT2D eigenvalue weighted by Gasteiger charge is 2.17. The van der Waals surface area contributed by atoms with E-state index in [1.807, 2.05) is 0 Å². The normalized spacial score (nSPS) is 20.9. The summed E-state index contributed by atoms with van der Waals surface area (Å²) in [6.45, 7) is 3.48. The Hall–Kier alpha value is -0.0900. The Labute approximate surface area is 118 Å². The Morgan fingerprint density at radius 1 is 1.35 bits per heavy atom. The lowest BCUT2D eigenvalue weighted by atomic mass is 10.1. The van der Waals surface area contributed by atoms with Crippen LogP contribution in [0.15, 0.2) is 28.7 Å². The van der Waals surface area contributed by atoms with Gasteiger partial charge in [-0.15, -0.1) is 12.4 Å². The number of halogens is 2. The van der Waals surface area contributed by atoms with Crippen LogP contribution < -0.4 is 5.32 Å². The van der Waals surface area contributed by atoms with Gasteiger partial charge in [0.2, 0.25) is 0 Å². The van der Waals surface area contributed by atoms with E-state index in [9.17, 15) is 0 Å². The molecule has 0 aliphatic carbocycles. The Balaban J connectivity index is 0.00000144. The van der Waals surface area contributed by atoms with Crippen LogP contribution >= 0.6 is 28.3 Å². The van der Waals surface area contributed by atoms with Gasteiger partial charge in [-0.3, -0.25) is 4.90 Å². The summed E-state index contributed by atoms with van der Waals surface area (Å²) in [5, 5.41) is 3.38. The van der Waals surface area contributed by atoms with Crippen LogP contribution in [0.25, 0.3) is 0 Å². The van der Waals surface area contributed by atoms with Crippen LogP contribution in [0, 0.1) is 0 Å². The molecule has 1 aliphatic heterocycles. The number of likely N-dealkylation sites (tertiary alicyclic amines) is 1. The summed E-state index contributed by atoms with van der Waals surface area (Å²) in [5.41, 5.74) is 1.40. The van der Waals surface area contributed by atoms with Crippen molar-refractivity contribution in [3.63, 3.8) is 0 Å². The second kappa shape index (κ2) is 7.37. The van der Waals surface area contributed by atoms with Crippen molar-refractivity contribution in [2.24, 2.45) is 0 Å². The number of nitrogens with one attached hydrogen (secondary N) is 1. The minimum Gasteiger partial charge on any atom is -0.316 e. The average molecular weight is 320 g/mol. The van der Waals surface area contributed by atoms with E-state index in [1.54, 1.807) is 0 Å². The highest BCUT2D eigenvalue weighted by Crippen LogP contribution is 2.15. The summed E-state index contributed by atoms with van der Waals surface area (Å²) >= 11 is 3.47. The Morgan fingerprint density at radius 2 is 2.06 bits per heavy atom. The number of hydrogen-bond acceptors (Lipinski definition) is 2. The largest absolute Gasteiger partial charge is 0.316 e. The van der Waals surface area contributed by atoms with Crippen LogP contribution in [-0.4, -0.2) is 31.1 Å². The van der Waals surface area contributed by atoms with E-state index in [0.29, 0.717) is 6.04 Å². The number of likely N-dealkylation sites (N-methyl/N-ethyl adjacent to an activating group) is 1. The molecule has 1 N–H and O–H groups in total. The van der Waals surface area contributed by atoms with E-state index in [4.69, 9.17) is 0 Å². The molecule has 1 fully saturated rings. The van der Waals surface area contributed by atoms with Crippen molar-refractivity contribution < 1.29 is 0 Å². The number of hydrogen-bond donors (Lipinski definition) is 1. The Bertz CT molecular complexity index is 329. The lowest BCUT2D eigenvalue weighted by molar-refractivity contribution is 0.188. The maximum atomic E-state index is 3.47. The summed E-state index contributed by atoms with van der Waals surface area (Å²) in [6.07, 6.45) is 2.62. The molecule has 2 nitrogen and oxygen atoms in total. The first-order valence-corrected chi connectivity index (χ1v) is 6.71. The van der Waals surface area contributed by atoms with Crippen molar-refractivity contribution in [3.05, 3.63) is 34.3 Å². The monoisotopic (exact) mass is 318 g/mol. The Morgan fingerprint density at radius 3 is 2.71 bits per heavy atom. The van der Waals surface area contributed by atoms with Crippen LogP contribution in [-0.2, 0) is 6.54 Å². The predicted molar refractivity (Wildman–Crippen MR) is 78.7 cm³/mol. The van der Waals surface area contributed by atoms with Gasteiger partial charge < -0.3 is 5.32 Å². The smallest absolute Gasteiger partial charge is 0.0234 e. The van der Waals surface area contributed by atoms with Gasteiger partial charge in [-0.05, 0) is 44.1 Å². The zero-order valence-corrected chi connectivity index (χ0v) is 12.6. The van der Waals surface area contributed by atoms with Gasteiger partial charge in [0.05, 0.1) is 0 Å². The molecular formula is C13H20BrClN2. The molecule has 1 atom stereocenters. The molecule has 1 aliphatic rings. The molecule has 2 rings (SSSR count). The first-order chi connectivity index (χ1) is 7.78. The third kappa shape index (κ3) is 4.59. The SMILES string of the molecule is CNC1CCCN(Cc2ccc(Br)cc2)C1.Cl. The molecule has 1 unspecified atom stereocenters. The third-order valence-electron chi connectivity index (χ3n) is 3.23. The highest BCUT2D eigenvalue weighted by atomic mass is 79.9. The maximum Gasteiger partial charge on any atom is 0.0234 e. The van der Waals surface area contributed by atoms with Crippen molar-refractivity contribution in [2.45, 2.75) is 25.4 Å². The molecule has 0 amide bonds. The van der Waals surface area contributed by atoms with Gasteiger partial charge in [0.1, 0.15) is 0 Å². The topological polar surface area (TPSA) is 15.3 Å². The van der Waals surface area contributed by atoms with E-state index in [-0.39, 0.29) is 12.4 Å². The lowest BCUT2D eigenvalue weighted by Gasteiger charge is -2.32. The molecule has 0 radical (unpaired) electrons. The minimum absolute atomic E-state index is 0. The fourth-order valence-electron chi connectivity index (χ4n) is 2.28. The molecule has 1 saturated heterocycles. The quantitative estimate of drug-likeness (QED) is 0.921. The first kappa shape index (κ1) is 15.0. The first-order valence-electron chi connectivity index (χ1n) is 5.92. The second-order valence-electron chi connectivity index (χ2n) is 4.49. The van der Waals surface area contributed by atoms with Crippen molar-refractivity contribution in [2.75, 3.05) is 20.1 Å². The molecule has 4 heteroatoms. The zero-order chi connectivity index (χ0) is 11.4. The van der Waals surface area contributed by atoms with E-state index >= 15 is 0 Å². The highest BCUT2D eigenvalue weighted by molar-refractivity contribution is 9.10. The van der Waals surface area contributed by atoms with E-state index in [2.05, 4.69) is 57.5 Å². The second-order valence-corrected chi connectivity index (χ2v) is 5.41. The predicted octanol–water partition coefficient (Wildman–Crippen LogP) is 3.05. The summed E-state index contributed by atoms with van der Waals surface area (Å²) in [5.74, 6) is 0. The summed E-state index contributed by atoms with van der Waals surface area (Å²) in [4.78, 5) is 2.54. The molecule has 0 saturated carbocycles. The van der Waals surface area contributed by atoms with Crippen LogP contribution in [0.3, 0.4) is 0 Å². The maximum absolute atomic E-state index is 3.47. The lowest BCUT2D eigenvalue weighted by Crippen LogP contribution is -2.43. The van der Waals surface area contributed by atoms with Gasteiger partial charge in [0.15, 0.2) is 0 Å². The third-order valence-corrected chi connectivity index (χ3v) is 3.76. The molecule has 1 heterocycles. The summed E-state index contributed by atoms with van der Waals surface area (Å²) < 4.78 is 1.16. The standard InChI is InChI=1S/C13H19BrN2.ClH/c1-15-13-3-2-8-16(10-13)9-11-4-6-12(14)7-5-11;/h4-7,13,15H,2-3,8-10H2,1H3;1H. The summed E-state index contributed by atoms with van der Waals surface area (Å²) in [7, 11) is 2.06. The van der Waals surface area contributed by atoms with Crippen LogP contribution in [0.2, 0.25) is 0 Å². The minimum atomic E-state index is 0. The number of rotatable bonds is 3. The van der Waals surface area contributed by atoms with Crippen molar-refractivity contribution >= 4 is 28.3 Å². The van der Waals surface area contributed by atoms with E-state index in [0.717, 1.165) is 11.0 Å².